The van der Waals surface area contributed by atoms with E-state index >= 15 is 0 Å². The van der Waals surface area contributed by atoms with Gasteiger partial charge in [-0.1, -0.05) is 30.1 Å². The van der Waals surface area contributed by atoms with E-state index in [4.69, 9.17) is 23.2 Å². The fraction of sp³-hybridized carbons (Fsp3) is 0.562. The van der Waals surface area contributed by atoms with E-state index in [1.807, 2.05) is 0 Å². The first-order chi connectivity index (χ1) is 10.1. The number of nitrogens with zero attached hydrogens (tertiary/aromatic N) is 1. The zero-order valence-corrected chi connectivity index (χ0v) is 13.9. The van der Waals surface area contributed by atoms with E-state index < -0.39 is 0 Å². The molecule has 0 bridgehead atoms. The van der Waals surface area contributed by atoms with Crippen molar-refractivity contribution in [2.45, 2.75) is 32.2 Å². The Bertz CT molecular complexity index is 487. The third kappa shape index (κ3) is 4.68. The second-order valence-electron chi connectivity index (χ2n) is 5.50. The lowest BCUT2D eigenvalue weighted by Gasteiger charge is -2.34. The van der Waals surface area contributed by atoms with Crippen molar-refractivity contribution in [1.82, 2.24) is 10.2 Å². The van der Waals surface area contributed by atoms with Crippen LogP contribution < -0.4 is 5.32 Å². The van der Waals surface area contributed by atoms with Crippen molar-refractivity contribution in [3.63, 3.8) is 0 Å². The highest BCUT2D eigenvalue weighted by atomic mass is 35.5. The normalized spacial score (nSPS) is 16.4. The Kier molecular flexibility index (Phi) is 6.49. The second kappa shape index (κ2) is 8.14. The van der Waals surface area contributed by atoms with Gasteiger partial charge in [-0.25, -0.2) is 0 Å². The molecule has 1 fully saturated rings. The molecule has 1 heterocycles. The number of hydrogen-bond acceptors (Lipinski definition) is 3. The van der Waals surface area contributed by atoms with E-state index in [-0.39, 0.29) is 5.78 Å². The first kappa shape index (κ1) is 16.8. The van der Waals surface area contributed by atoms with Gasteiger partial charge in [-0.15, -0.1) is 0 Å². The van der Waals surface area contributed by atoms with Gasteiger partial charge in [0.2, 0.25) is 0 Å². The summed E-state index contributed by atoms with van der Waals surface area (Å²) in [6.45, 7) is 5.63. The van der Waals surface area contributed by atoms with Gasteiger partial charge in [0, 0.05) is 11.6 Å². The van der Waals surface area contributed by atoms with Crippen LogP contribution in [0.1, 0.15) is 36.5 Å². The molecule has 0 radical (unpaired) electrons. The summed E-state index contributed by atoms with van der Waals surface area (Å²) >= 11 is 11.9. The number of halogens is 2. The minimum absolute atomic E-state index is 0.112. The average Bonchev–Trinajstić information content (AvgIpc) is 2.50. The third-order valence-electron chi connectivity index (χ3n) is 3.92. The monoisotopic (exact) mass is 328 g/mol. The van der Waals surface area contributed by atoms with Gasteiger partial charge in [0.15, 0.2) is 5.78 Å². The molecule has 0 amide bonds. The zero-order chi connectivity index (χ0) is 15.2. The van der Waals surface area contributed by atoms with Crippen molar-refractivity contribution in [1.29, 1.82) is 0 Å². The standard InChI is InChI=1S/C16H22Cl2N2O/c1-2-9-20(13-5-7-19-8-6-13)11-16(21)12-3-4-14(17)15(18)10-12/h3-4,10,13,19H,2,5-9,11H2,1H3. The fourth-order valence-electron chi connectivity index (χ4n) is 2.80. The highest BCUT2D eigenvalue weighted by Gasteiger charge is 2.22. The minimum Gasteiger partial charge on any atom is -0.317 e. The molecule has 0 atom stereocenters. The number of hydrogen-bond donors (Lipinski definition) is 1. The van der Waals surface area contributed by atoms with Crippen LogP contribution in [0.3, 0.4) is 0 Å². The van der Waals surface area contributed by atoms with E-state index in [0.29, 0.717) is 28.2 Å². The van der Waals surface area contributed by atoms with E-state index in [1.54, 1.807) is 18.2 Å². The maximum atomic E-state index is 12.5. The second-order valence-corrected chi connectivity index (χ2v) is 6.32. The van der Waals surface area contributed by atoms with Gasteiger partial charge in [-0.3, -0.25) is 9.69 Å². The smallest absolute Gasteiger partial charge is 0.176 e. The number of benzene rings is 1. The Labute approximate surface area is 136 Å². The van der Waals surface area contributed by atoms with Crippen molar-refractivity contribution < 1.29 is 4.79 Å². The van der Waals surface area contributed by atoms with Gasteiger partial charge in [0.25, 0.3) is 0 Å². The number of carbonyl (C=O) groups is 1. The number of Topliss-reactive ketones (excluding diaryl/α,β-unsaturated/α-hetero) is 1. The van der Waals surface area contributed by atoms with Gasteiger partial charge in [-0.2, -0.15) is 0 Å². The third-order valence-corrected chi connectivity index (χ3v) is 4.66. The lowest BCUT2D eigenvalue weighted by atomic mass is 10.0. The summed E-state index contributed by atoms with van der Waals surface area (Å²) in [5, 5.41) is 4.29. The van der Waals surface area contributed by atoms with Crippen molar-refractivity contribution in [2.24, 2.45) is 0 Å². The molecule has 0 saturated carbocycles. The molecule has 0 aliphatic carbocycles. The largest absolute Gasteiger partial charge is 0.317 e. The summed E-state index contributed by atoms with van der Waals surface area (Å²) in [4.78, 5) is 14.8. The lowest BCUT2D eigenvalue weighted by molar-refractivity contribution is 0.0865. The molecule has 1 aromatic rings. The number of nitrogens with one attached hydrogen (secondary N) is 1. The molecule has 116 valence electrons. The van der Waals surface area contributed by atoms with Crippen LogP contribution in [-0.4, -0.2) is 42.9 Å². The summed E-state index contributed by atoms with van der Waals surface area (Å²) in [5.74, 6) is 0.112. The van der Waals surface area contributed by atoms with Gasteiger partial charge < -0.3 is 5.32 Å². The summed E-state index contributed by atoms with van der Waals surface area (Å²) < 4.78 is 0. The zero-order valence-electron chi connectivity index (χ0n) is 12.4. The van der Waals surface area contributed by atoms with Crippen LogP contribution in [0, 0.1) is 0 Å². The van der Waals surface area contributed by atoms with Crippen LogP contribution in [0.4, 0.5) is 0 Å². The maximum Gasteiger partial charge on any atom is 0.176 e. The van der Waals surface area contributed by atoms with Crippen LogP contribution in [0.25, 0.3) is 0 Å². The maximum absolute atomic E-state index is 12.5. The van der Waals surface area contributed by atoms with Gasteiger partial charge >= 0.3 is 0 Å². The number of rotatable bonds is 6. The van der Waals surface area contributed by atoms with Gasteiger partial charge in [0.05, 0.1) is 16.6 Å². The molecule has 1 aliphatic rings. The molecule has 2 rings (SSSR count). The summed E-state index contributed by atoms with van der Waals surface area (Å²) in [5.41, 5.74) is 0.638. The Hall–Kier alpha value is -0.610. The van der Waals surface area contributed by atoms with Crippen molar-refractivity contribution in [3.05, 3.63) is 33.8 Å². The molecule has 1 saturated heterocycles. The van der Waals surface area contributed by atoms with Crippen LogP contribution in [0.15, 0.2) is 18.2 Å². The van der Waals surface area contributed by atoms with Crippen molar-refractivity contribution >= 4 is 29.0 Å². The Balaban J connectivity index is 2.04. The molecule has 0 unspecified atom stereocenters. The van der Waals surface area contributed by atoms with E-state index in [9.17, 15) is 4.79 Å². The summed E-state index contributed by atoms with van der Waals surface area (Å²) in [6, 6.07) is 5.60. The van der Waals surface area contributed by atoms with E-state index in [0.717, 1.165) is 38.9 Å². The lowest BCUT2D eigenvalue weighted by Crippen LogP contribution is -2.45. The van der Waals surface area contributed by atoms with Crippen LogP contribution in [-0.2, 0) is 0 Å². The average molecular weight is 329 g/mol. The van der Waals surface area contributed by atoms with Crippen molar-refractivity contribution in [3.8, 4) is 0 Å². The molecule has 1 aromatic carbocycles. The molecule has 0 spiro atoms. The highest BCUT2D eigenvalue weighted by Crippen LogP contribution is 2.23. The predicted octanol–water partition coefficient (Wildman–Crippen LogP) is 3.64. The van der Waals surface area contributed by atoms with Gasteiger partial charge in [0.1, 0.15) is 0 Å². The molecule has 0 aromatic heterocycles. The Morgan fingerprint density at radius 3 is 2.62 bits per heavy atom. The quantitative estimate of drug-likeness (QED) is 0.809. The number of carbonyl (C=O) groups excluding carboxylic acids is 1. The minimum atomic E-state index is 0.112. The molecule has 21 heavy (non-hydrogen) atoms. The molecular formula is C16H22Cl2N2O. The number of piperidine rings is 1. The van der Waals surface area contributed by atoms with E-state index in [2.05, 4.69) is 17.1 Å². The topological polar surface area (TPSA) is 32.3 Å². The Morgan fingerprint density at radius 2 is 2.00 bits per heavy atom. The molecule has 5 heteroatoms. The fourth-order valence-corrected chi connectivity index (χ4v) is 3.09. The first-order valence-corrected chi connectivity index (χ1v) is 8.30. The van der Waals surface area contributed by atoms with Gasteiger partial charge in [-0.05, 0) is 57.1 Å². The molecular weight excluding hydrogens is 307 g/mol. The van der Waals surface area contributed by atoms with Crippen LogP contribution >= 0.6 is 23.2 Å². The SMILES string of the molecule is CCCN(CC(=O)c1ccc(Cl)c(Cl)c1)C1CCNCC1. The number of ketones is 1. The van der Waals surface area contributed by atoms with E-state index in [1.165, 1.54) is 0 Å². The first-order valence-electron chi connectivity index (χ1n) is 7.55. The van der Waals surface area contributed by atoms with Crippen LogP contribution in [0.2, 0.25) is 10.0 Å². The predicted molar refractivity (Wildman–Crippen MR) is 88.5 cm³/mol. The van der Waals surface area contributed by atoms with Crippen molar-refractivity contribution in [2.75, 3.05) is 26.2 Å². The highest BCUT2D eigenvalue weighted by molar-refractivity contribution is 6.42. The molecule has 3 nitrogen and oxygen atoms in total. The van der Waals surface area contributed by atoms with Crippen LogP contribution in [0.5, 0.6) is 0 Å². The summed E-state index contributed by atoms with van der Waals surface area (Å²) in [6.07, 6.45) is 3.27. The Morgan fingerprint density at radius 1 is 1.29 bits per heavy atom. The molecule has 1 aliphatic heterocycles. The molecule has 1 N–H and O–H groups in total. The summed E-state index contributed by atoms with van der Waals surface area (Å²) in [7, 11) is 0.